The van der Waals surface area contributed by atoms with E-state index < -0.39 is 0 Å². The molecule has 6 nitrogen and oxygen atoms in total. The average molecular weight is 528 g/mol. The summed E-state index contributed by atoms with van der Waals surface area (Å²) < 4.78 is 23.3. The Morgan fingerprint density at radius 1 is 1.10 bits per heavy atom. The molecular formula is C33H37NO5. The zero-order valence-corrected chi connectivity index (χ0v) is 23.2. The van der Waals surface area contributed by atoms with E-state index in [1.54, 1.807) is 7.11 Å². The SMILES string of the molecule is COc1c2c(cc3c1[C@H](C#CCOc1ccc4c(c1)CC[C@@H]1[C@H]4CC[C@]4(C)C(=O)CC[C@@H]14)N(C)CC3)OCO2. The first-order chi connectivity index (χ1) is 19.0. The lowest BCUT2D eigenvalue weighted by Gasteiger charge is -2.48. The first-order valence-electron chi connectivity index (χ1n) is 14.4. The number of benzene rings is 2. The number of Topliss-reactive ketones (excluding diaryl/α,β-unsaturated/α-hetero) is 1. The van der Waals surface area contributed by atoms with E-state index in [-0.39, 0.29) is 18.2 Å². The van der Waals surface area contributed by atoms with Gasteiger partial charge < -0.3 is 18.9 Å². The molecule has 0 N–H and O–H groups in total. The summed E-state index contributed by atoms with van der Waals surface area (Å²) >= 11 is 0. The van der Waals surface area contributed by atoms with E-state index in [1.807, 2.05) is 0 Å². The van der Waals surface area contributed by atoms with E-state index in [0.717, 1.165) is 67.9 Å². The molecule has 0 unspecified atom stereocenters. The zero-order valence-electron chi connectivity index (χ0n) is 23.2. The normalized spacial score (nSPS) is 30.4. The summed E-state index contributed by atoms with van der Waals surface area (Å²) in [7, 11) is 3.77. The van der Waals surface area contributed by atoms with Crippen LogP contribution in [-0.2, 0) is 17.6 Å². The van der Waals surface area contributed by atoms with Crippen molar-refractivity contribution >= 4 is 5.78 Å². The maximum absolute atomic E-state index is 12.6. The highest BCUT2D eigenvalue weighted by molar-refractivity contribution is 5.87. The zero-order chi connectivity index (χ0) is 26.7. The largest absolute Gasteiger partial charge is 0.492 e. The number of ketones is 1. The van der Waals surface area contributed by atoms with Gasteiger partial charge in [-0.05, 0) is 98.2 Å². The van der Waals surface area contributed by atoms with Crippen LogP contribution in [0.15, 0.2) is 24.3 Å². The maximum atomic E-state index is 12.6. The Bertz CT molecular complexity index is 1390. The smallest absolute Gasteiger partial charge is 0.231 e. The quantitative estimate of drug-likeness (QED) is 0.494. The summed E-state index contributed by atoms with van der Waals surface area (Å²) in [4.78, 5) is 14.9. The second-order valence-corrected chi connectivity index (χ2v) is 12.2. The minimum atomic E-state index is -0.0956. The van der Waals surface area contributed by atoms with Gasteiger partial charge in [-0.2, -0.15) is 0 Å². The van der Waals surface area contributed by atoms with Crippen molar-refractivity contribution in [3.8, 4) is 34.8 Å². The van der Waals surface area contributed by atoms with Crippen molar-refractivity contribution in [1.82, 2.24) is 4.90 Å². The third-order valence-electron chi connectivity index (χ3n) is 10.4. The standard InChI is InChI=1S/C33H37NO5/c1-33-14-12-24-23-9-7-22(17-20(23)6-8-25(24)26(33)10-11-29(33)35)37-16-4-5-27-30-21(13-15-34(27)2)18-28-31(32(30)36-3)39-19-38-28/h7,9,17-18,24-27H,6,8,10-16,19H2,1-3H3/t24-,25+,26-,27-,33-/m0/s1. The lowest BCUT2D eigenvalue weighted by atomic mass is 9.55. The van der Waals surface area contributed by atoms with Gasteiger partial charge in [-0.3, -0.25) is 9.69 Å². The van der Waals surface area contributed by atoms with Gasteiger partial charge in [-0.25, -0.2) is 0 Å². The molecule has 39 heavy (non-hydrogen) atoms. The Morgan fingerprint density at radius 2 is 2.00 bits per heavy atom. The summed E-state index contributed by atoms with van der Waals surface area (Å²) in [5.41, 5.74) is 5.10. The molecule has 2 saturated carbocycles. The molecule has 7 rings (SSSR count). The van der Waals surface area contributed by atoms with Crippen molar-refractivity contribution in [1.29, 1.82) is 0 Å². The van der Waals surface area contributed by atoms with Gasteiger partial charge in [-0.15, -0.1) is 0 Å². The number of methoxy groups -OCH3 is 1. The molecule has 6 heteroatoms. The second-order valence-electron chi connectivity index (χ2n) is 12.2. The van der Waals surface area contributed by atoms with Crippen LogP contribution in [0.2, 0.25) is 0 Å². The van der Waals surface area contributed by atoms with Crippen LogP contribution in [0.5, 0.6) is 23.0 Å². The molecule has 0 spiro atoms. The Hall–Kier alpha value is -3.17. The van der Waals surface area contributed by atoms with E-state index >= 15 is 0 Å². The van der Waals surface area contributed by atoms with Crippen LogP contribution in [0.1, 0.15) is 73.2 Å². The summed E-state index contributed by atoms with van der Waals surface area (Å²) in [6.07, 6.45) is 7.20. The molecule has 2 heterocycles. The average Bonchev–Trinajstić information content (AvgIpc) is 3.54. The topological polar surface area (TPSA) is 57.2 Å². The van der Waals surface area contributed by atoms with E-state index in [0.29, 0.717) is 35.9 Å². The Labute approximate surface area is 230 Å². The van der Waals surface area contributed by atoms with Crippen LogP contribution in [0.25, 0.3) is 0 Å². The number of carbonyl (C=O) groups is 1. The molecule has 3 aliphatic carbocycles. The minimum absolute atomic E-state index is 0.0713. The number of hydrogen-bond donors (Lipinski definition) is 0. The molecule has 2 aliphatic heterocycles. The Kier molecular flexibility index (Phi) is 6.04. The number of likely N-dealkylation sites (N-methyl/N-ethyl adjacent to an activating group) is 1. The molecule has 2 aromatic rings. The van der Waals surface area contributed by atoms with Crippen molar-refractivity contribution < 1.29 is 23.7 Å². The van der Waals surface area contributed by atoms with Crippen LogP contribution in [0.3, 0.4) is 0 Å². The molecular weight excluding hydrogens is 490 g/mol. The van der Waals surface area contributed by atoms with Crippen LogP contribution in [-0.4, -0.2) is 44.8 Å². The summed E-state index contributed by atoms with van der Waals surface area (Å²) in [6.45, 7) is 3.71. The Balaban J connectivity index is 1.06. The lowest BCUT2D eigenvalue weighted by Crippen LogP contribution is -2.42. The highest BCUT2D eigenvalue weighted by atomic mass is 16.7. The molecule has 2 aromatic carbocycles. The Morgan fingerprint density at radius 3 is 2.87 bits per heavy atom. The maximum Gasteiger partial charge on any atom is 0.231 e. The fraction of sp³-hybridized carbons (Fsp3) is 0.545. The van der Waals surface area contributed by atoms with E-state index in [9.17, 15) is 4.79 Å². The molecule has 0 bridgehead atoms. The molecule has 5 atom stereocenters. The first kappa shape index (κ1) is 24.8. The summed E-state index contributed by atoms with van der Waals surface area (Å²) in [5, 5.41) is 0. The number of aryl methyl sites for hydroxylation is 1. The highest BCUT2D eigenvalue weighted by Crippen LogP contribution is 2.59. The van der Waals surface area contributed by atoms with Crippen LogP contribution in [0.4, 0.5) is 0 Å². The lowest BCUT2D eigenvalue weighted by molar-refractivity contribution is -0.129. The summed E-state index contributed by atoms with van der Waals surface area (Å²) in [5.74, 6) is 12.1. The number of ether oxygens (including phenoxy) is 4. The third kappa shape index (κ3) is 3.92. The monoisotopic (exact) mass is 527 g/mol. The van der Waals surface area contributed by atoms with Gasteiger partial charge in [0.25, 0.3) is 0 Å². The predicted molar refractivity (Wildman–Crippen MR) is 148 cm³/mol. The third-order valence-corrected chi connectivity index (χ3v) is 10.4. The summed E-state index contributed by atoms with van der Waals surface area (Å²) in [6, 6.07) is 8.61. The van der Waals surface area contributed by atoms with Crippen LogP contribution >= 0.6 is 0 Å². The van der Waals surface area contributed by atoms with E-state index in [4.69, 9.17) is 18.9 Å². The molecule has 0 aromatic heterocycles. The highest BCUT2D eigenvalue weighted by Gasteiger charge is 2.54. The molecule has 5 aliphatic rings. The van der Waals surface area contributed by atoms with Crippen molar-refractivity contribution in [2.75, 3.05) is 34.1 Å². The van der Waals surface area contributed by atoms with Gasteiger partial charge in [0.1, 0.15) is 24.2 Å². The molecule has 0 saturated heterocycles. The van der Waals surface area contributed by atoms with Gasteiger partial charge in [0, 0.05) is 23.9 Å². The van der Waals surface area contributed by atoms with Crippen LogP contribution in [0, 0.1) is 29.1 Å². The molecule has 0 radical (unpaired) electrons. The van der Waals surface area contributed by atoms with E-state index in [2.05, 4.69) is 55.0 Å². The van der Waals surface area contributed by atoms with Gasteiger partial charge in [0.15, 0.2) is 11.5 Å². The number of carbonyl (C=O) groups excluding carboxylic acids is 1. The fourth-order valence-corrected chi connectivity index (χ4v) is 8.29. The van der Waals surface area contributed by atoms with Crippen molar-refractivity contribution in [3.05, 3.63) is 46.5 Å². The van der Waals surface area contributed by atoms with Gasteiger partial charge in [-0.1, -0.05) is 24.8 Å². The predicted octanol–water partition coefficient (Wildman–Crippen LogP) is 5.46. The molecule has 2 fully saturated rings. The second kappa shape index (κ2) is 9.48. The molecule has 0 amide bonds. The number of hydrogen-bond acceptors (Lipinski definition) is 6. The number of nitrogens with zero attached hydrogens (tertiary/aromatic N) is 1. The van der Waals surface area contributed by atoms with Crippen molar-refractivity contribution in [2.24, 2.45) is 17.3 Å². The molecule has 204 valence electrons. The fourth-order valence-electron chi connectivity index (χ4n) is 8.29. The van der Waals surface area contributed by atoms with E-state index in [1.165, 1.54) is 23.1 Å². The number of rotatable bonds is 3. The van der Waals surface area contributed by atoms with Crippen molar-refractivity contribution in [3.63, 3.8) is 0 Å². The van der Waals surface area contributed by atoms with Crippen molar-refractivity contribution in [2.45, 2.75) is 63.8 Å². The van der Waals surface area contributed by atoms with Gasteiger partial charge in [0.2, 0.25) is 12.5 Å². The first-order valence-corrected chi connectivity index (χ1v) is 14.4. The van der Waals surface area contributed by atoms with Gasteiger partial charge >= 0.3 is 0 Å². The number of fused-ring (bicyclic) bond motifs is 7. The minimum Gasteiger partial charge on any atom is -0.492 e. The van der Waals surface area contributed by atoms with Gasteiger partial charge in [0.05, 0.1) is 7.11 Å². The van der Waals surface area contributed by atoms with Crippen LogP contribution < -0.4 is 18.9 Å².